The summed E-state index contributed by atoms with van der Waals surface area (Å²) in [6, 6.07) is 24.5. The maximum atomic E-state index is 13.8. The van der Waals surface area contributed by atoms with E-state index in [1.807, 2.05) is 60.7 Å². The molecule has 4 nitrogen and oxygen atoms in total. The van der Waals surface area contributed by atoms with Crippen molar-refractivity contribution in [2.24, 2.45) is 0 Å². The molecule has 0 radical (unpaired) electrons. The van der Waals surface area contributed by atoms with Gasteiger partial charge in [-0.25, -0.2) is 9.18 Å². The molecule has 0 atom stereocenters. The van der Waals surface area contributed by atoms with E-state index in [0.717, 1.165) is 0 Å². The molecule has 1 heterocycles. The minimum Gasteiger partial charge on any atom is -0.315 e. The van der Waals surface area contributed by atoms with E-state index in [1.54, 1.807) is 18.2 Å². The molecule has 1 aliphatic heterocycles. The number of halogens is 1. The molecule has 4 rings (SSSR count). The molecule has 3 aromatic rings. The number of rotatable bonds is 6. The lowest BCUT2D eigenvalue weighted by Gasteiger charge is -2.28. The fourth-order valence-corrected chi connectivity index (χ4v) is 4.40. The maximum absolute atomic E-state index is 13.8. The molecule has 146 valence electrons. The van der Waals surface area contributed by atoms with E-state index in [0.29, 0.717) is 21.8 Å². The van der Waals surface area contributed by atoms with Gasteiger partial charge in [0.2, 0.25) is 0 Å². The molecule has 6 heteroatoms. The molecule has 29 heavy (non-hydrogen) atoms. The van der Waals surface area contributed by atoms with Gasteiger partial charge in [0.15, 0.2) is 5.54 Å². The van der Waals surface area contributed by atoms with E-state index in [-0.39, 0.29) is 18.3 Å². The molecular weight excluding hydrogens is 387 g/mol. The Morgan fingerprint density at radius 2 is 1.38 bits per heavy atom. The van der Waals surface area contributed by atoms with Crippen LogP contribution in [-0.2, 0) is 10.3 Å². The van der Waals surface area contributed by atoms with Crippen LogP contribution in [-0.4, -0.2) is 29.1 Å². The van der Waals surface area contributed by atoms with Crippen molar-refractivity contribution in [1.29, 1.82) is 0 Å². The van der Waals surface area contributed by atoms with Crippen LogP contribution < -0.4 is 5.32 Å². The minimum atomic E-state index is -1.26. The van der Waals surface area contributed by atoms with Crippen molar-refractivity contribution in [3.8, 4) is 0 Å². The van der Waals surface area contributed by atoms with Crippen LogP contribution in [0.25, 0.3) is 0 Å². The second-order valence-corrected chi connectivity index (χ2v) is 7.78. The summed E-state index contributed by atoms with van der Waals surface area (Å²) in [5, 5.41) is 2.91. The van der Waals surface area contributed by atoms with Crippen molar-refractivity contribution < 1.29 is 14.0 Å². The lowest BCUT2D eigenvalue weighted by atomic mass is 9.82. The number of nitrogens with one attached hydrogen (secondary N) is 1. The molecule has 3 aromatic carbocycles. The third-order valence-electron chi connectivity index (χ3n) is 4.93. The number of benzene rings is 3. The first-order valence-corrected chi connectivity index (χ1v) is 10.2. The van der Waals surface area contributed by atoms with Gasteiger partial charge in [-0.05, 0) is 23.3 Å². The van der Waals surface area contributed by atoms with Gasteiger partial charge in [-0.3, -0.25) is 9.69 Å². The Labute approximate surface area is 172 Å². The van der Waals surface area contributed by atoms with Gasteiger partial charge in [0.05, 0.1) is 0 Å². The van der Waals surface area contributed by atoms with Crippen LogP contribution >= 0.6 is 11.8 Å². The van der Waals surface area contributed by atoms with Gasteiger partial charge in [0.1, 0.15) is 5.82 Å². The number of imide groups is 1. The summed E-state index contributed by atoms with van der Waals surface area (Å²) >= 11 is 1.28. The van der Waals surface area contributed by atoms with E-state index in [4.69, 9.17) is 0 Å². The molecule has 0 aliphatic carbocycles. The highest BCUT2D eigenvalue weighted by molar-refractivity contribution is 7.99. The molecule has 1 saturated heterocycles. The van der Waals surface area contributed by atoms with Crippen molar-refractivity contribution in [3.63, 3.8) is 0 Å². The second-order valence-electron chi connectivity index (χ2n) is 6.65. The molecule has 3 amide bonds. The van der Waals surface area contributed by atoms with E-state index < -0.39 is 11.6 Å². The predicted molar refractivity (Wildman–Crippen MR) is 111 cm³/mol. The first kappa shape index (κ1) is 19.2. The van der Waals surface area contributed by atoms with E-state index >= 15 is 0 Å². The SMILES string of the molecule is O=C1NC(c2ccccc2)(c2ccccc2)C(=O)N1CCSc1ccccc1F. The first-order chi connectivity index (χ1) is 14.1. The van der Waals surface area contributed by atoms with Crippen molar-refractivity contribution in [2.75, 3.05) is 12.3 Å². The third-order valence-corrected chi connectivity index (χ3v) is 5.96. The fourth-order valence-electron chi connectivity index (χ4n) is 3.52. The summed E-state index contributed by atoms with van der Waals surface area (Å²) < 4.78 is 13.8. The smallest absolute Gasteiger partial charge is 0.315 e. The Morgan fingerprint density at radius 3 is 1.97 bits per heavy atom. The van der Waals surface area contributed by atoms with Gasteiger partial charge in [-0.1, -0.05) is 72.8 Å². The average molecular weight is 406 g/mol. The summed E-state index contributed by atoms with van der Waals surface area (Å²) in [4.78, 5) is 28.0. The van der Waals surface area contributed by atoms with Crippen LogP contribution in [0.5, 0.6) is 0 Å². The molecule has 0 unspecified atom stereocenters. The van der Waals surface area contributed by atoms with Gasteiger partial charge in [0.25, 0.3) is 5.91 Å². The van der Waals surface area contributed by atoms with Crippen LogP contribution in [0, 0.1) is 5.82 Å². The number of amides is 3. The number of thioether (sulfide) groups is 1. The monoisotopic (exact) mass is 406 g/mol. The molecular formula is C23H19FN2O2S. The molecule has 0 bridgehead atoms. The van der Waals surface area contributed by atoms with Crippen molar-refractivity contribution in [3.05, 3.63) is 102 Å². The van der Waals surface area contributed by atoms with Gasteiger partial charge in [0, 0.05) is 17.2 Å². The summed E-state index contributed by atoms with van der Waals surface area (Å²) in [7, 11) is 0. The van der Waals surface area contributed by atoms with Gasteiger partial charge >= 0.3 is 6.03 Å². The highest BCUT2D eigenvalue weighted by Crippen LogP contribution is 2.36. The zero-order valence-electron chi connectivity index (χ0n) is 15.5. The van der Waals surface area contributed by atoms with Crippen LogP contribution in [0.4, 0.5) is 9.18 Å². The molecule has 0 saturated carbocycles. The van der Waals surface area contributed by atoms with E-state index in [1.165, 1.54) is 22.7 Å². The van der Waals surface area contributed by atoms with Gasteiger partial charge in [-0.15, -0.1) is 11.8 Å². The zero-order chi connectivity index (χ0) is 20.3. The van der Waals surface area contributed by atoms with Crippen LogP contribution in [0.1, 0.15) is 11.1 Å². The normalized spacial score (nSPS) is 15.4. The molecule has 1 N–H and O–H groups in total. The predicted octanol–water partition coefficient (Wildman–Crippen LogP) is 4.41. The van der Waals surface area contributed by atoms with E-state index in [2.05, 4.69) is 5.32 Å². The Kier molecular flexibility index (Phi) is 5.36. The molecule has 0 spiro atoms. The first-order valence-electron chi connectivity index (χ1n) is 9.25. The Bertz CT molecular complexity index is 988. The molecule has 0 aromatic heterocycles. The van der Waals surface area contributed by atoms with Gasteiger partial charge in [-0.2, -0.15) is 0 Å². The summed E-state index contributed by atoms with van der Waals surface area (Å²) in [6.45, 7) is 0.186. The standard InChI is InChI=1S/C23H19FN2O2S/c24-19-13-7-8-14-20(19)29-16-15-26-21(27)23(25-22(26)28,17-9-3-1-4-10-17)18-11-5-2-6-12-18/h1-14H,15-16H2,(H,25,28). The number of nitrogens with zero attached hydrogens (tertiary/aromatic N) is 1. The highest BCUT2D eigenvalue weighted by atomic mass is 32.2. The zero-order valence-corrected chi connectivity index (χ0v) is 16.4. The number of hydrogen-bond acceptors (Lipinski definition) is 3. The lowest BCUT2D eigenvalue weighted by molar-refractivity contribution is -0.130. The number of hydrogen-bond donors (Lipinski definition) is 1. The number of carbonyl (C=O) groups excluding carboxylic acids is 2. The topological polar surface area (TPSA) is 49.4 Å². The van der Waals surface area contributed by atoms with Crippen LogP contribution in [0.2, 0.25) is 0 Å². The third kappa shape index (κ3) is 3.51. The highest BCUT2D eigenvalue weighted by Gasteiger charge is 2.53. The minimum absolute atomic E-state index is 0.186. The summed E-state index contributed by atoms with van der Waals surface area (Å²) in [5.41, 5.74) is 0.144. The van der Waals surface area contributed by atoms with Crippen LogP contribution in [0.3, 0.4) is 0 Å². The quantitative estimate of drug-likeness (QED) is 0.487. The summed E-state index contributed by atoms with van der Waals surface area (Å²) in [6.07, 6.45) is 0. The van der Waals surface area contributed by atoms with Gasteiger partial charge < -0.3 is 5.32 Å². The largest absolute Gasteiger partial charge is 0.325 e. The molecule has 1 aliphatic rings. The Hall–Kier alpha value is -3.12. The fraction of sp³-hybridized carbons (Fsp3) is 0.130. The average Bonchev–Trinajstić information content (AvgIpc) is 3.02. The second kappa shape index (κ2) is 8.09. The maximum Gasteiger partial charge on any atom is 0.325 e. The van der Waals surface area contributed by atoms with Crippen molar-refractivity contribution in [1.82, 2.24) is 10.2 Å². The molecule has 1 fully saturated rings. The van der Waals surface area contributed by atoms with Crippen molar-refractivity contribution >= 4 is 23.7 Å². The lowest BCUT2D eigenvalue weighted by Crippen LogP contribution is -2.45. The van der Waals surface area contributed by atoms with Crippen molar-refractivity contribution in [2.45, 2.75) is 10.4 Å². The van der Waals surface area contributed by atoms with E-state index in [9.17, 15) is 14.0 Å². The summed E-state index contributed by atoms with van der Waals surface area (Å²) in [5.74, 6) is -0.230. The Morgan fingerprint density at radius 1 is 0.828 bits per heavy atom. The number of carbonyl (C=O) groups is 2. The van der Waals surface area contributed by atoms with Crippen LogP contribution in [0.15, 0.2) is 89.8 Å². The Balaban J connectivity index is 1.61. The number of urea groups is 1.